The van der Waals surface area contributed by atoms with E-state index in [4.69, 9.17) is 0 Å². The average Bonchev–Trinajstić information content (AvgIpc) is 2.67. The van der Waals surface area contributed by atoms with Crippen molar-refractivity contribution in [1.29, 1.82) is 0 Å². The van der Waals surface area contributed by atoms with Gasteiger partial charge in [-0.05, 0) is 95.0 Å². The molecule has 0 heterocycles. The number of rotatable bonds is 3. The maximum atomic E-state index is 12.9. The molecule has 0 nitrogen and oxygen atoms in total. The molecule has 0 radical (unpaired) electrons. The lowest BCUT2D eigenvalue weighted by Crippen LogP contribution is -2.09. The third-order valence-corrected chi connectivity index (χ3v) is 5.24. The van der Waals surface area contributed by atoms with Gasteiger partial charge in [-0.3, -0.25) is 0 Å². The van der Waals surface area contributed by atoms with E-state index < -0.39 is 11.6 Å². The zero-order chi connectivity index (χ0) is 29.3. The first kappa shape index (κ1) is 33.4. The van der Waals surface area contributed by atoms with E-state index in [9.17, 15) is 17.6 Å². The Labute approximate surface area is 228 Å². The maximum absolute atomic E-state index is 12.9. The standard InChI is InChI=1S/C12H17F.C11H14F2.C11H15F/c1-9-7-10(5-6-11(9)13)8-12(2,3)4;1-11(2,3)7-8-4-9(12)6-10(13)5-8;1-11(2,3)8-9-5-4-6-10(12)7-9/h5-7H,8H2,1-4H3;4-6H,7H2,1-3H3;4-7H,8H2,1-3H3. The van der Waals surface area contributed by atoms with E-state index >= 15 is 0 Å². The lowest BCUT2D eigenvalue weighted by Gasteiger charge is -2.18. The second-order valence-corrected chi connectivity index (χ2v) is 13.7. The van der Waals surface area contributed by atoms with Gasteiger partial charge in [-0.1, -0.05) is 86.6 Å². The summed E-state index contributed by atoms with van der Waals surface area (Å²) in [5.41, 5.74) is 4.29. The minimum Gasteiger partial charge on any atom is -0.207 e. The van der Waals surface area contributed by atoms with Crippen LogP contribution in [0.25, 0.3) is 0 Å². The summed E-state index contributed by atoms with van der Waals surface area (Å²) in [5.74, 6) is -1.26. The summed E-state index contributed by atoms with van der Waals surface area (Å²) in [6.45, 7) is 20.9. The Balaban J connectivity index is 0.000000285. The fourth-order valence-corrected chi connectivity index (χ4v) is 4.01. The molecule has 4 heteroatoms. The third-order valence-electron chi connectivity index (χ3n) is 5.24. The van der Waals surface area contributed by atoms with Crippen LogP contribution in [0.2, 0.25) is 0 Å². The quantitative estimate of drug-likeness (QED) is 0.295. The molecule has 3 rings (SSSR count). The highest BCUT2D eigenvalue weighted by molar-refractivity contribution is 5.24. The van der Waals surface area contributed by atoms with Crippen LogP contribution in [0.15, 0.2) is 60.7 Å². The number of aryl methyl sites for hydroxylation is 1. The fraction of sp³-hybridized carbons (Fsp3) is 0.471. The van der Waals surface area contributed by atoms with Crippen LogP contribution in [-0.4, -0.2) is 0 Å². The van der Waals surface area contributed by atoms with E-state index in [0.717, 1.165) is 30.0 Å². The molecule has 0 aliphatic carbocycles. The summed E-state index contributed by atoms with van der Waals surface area (Å²) in [4.78, 5) is 0. The van der Waals surface area contributed by atoms with E-state index in [1.807, 2.05) is 45.9 Å². The first-order valence-electron chi connectivity index (χ1n) is 13.2. The van der Waals surface area contributed by atoms with Crippen molar-refractivity contribution in [2.45, 2.75) is 88.5 Å². The molecule has 210 valence electrons. The largest absolute Gasteiger partial charge is 0.207 e. The van der Waals surface area contributed by atoms with Crippen molar-refractivity contribution in [3.05, 3.63) is 106 Å². The zero-order valence-corrected chi connectivity index (χ0v) is 24.9. The normalized spacial score (nSPS) is 11.7. The van der Waals surface area contributed by atoms with Crippen LogP contribution < -0.4 is 0 Å². The second-order valence-electron chi connectivity index (χ2n) is 13.7. The van der Waals surface area contributed by atoms with Crippen LogP contribution in [-0.2, 0) is 19.3 Å². The van der Waals surface area contributed by atoms with Gasteiger partial charge in [0.15, 0.2) is 0 Å². The Morgan fingerprint density at radius 1 is 0.474 bits per heavy atom. The first-order valence-corrected chi connectivity index (χ1v) is 13.2. The van der Waals surface area contributed by atoms with Crippen LogP contribution in [0.4, 0.5) is 17.6 Å². The Bertz CT molecular complexity index is 1120. The Morgan fingerprint density at radius 2 is 0.895 bits per heavy atom. The van der Waals surface area contributed by atoms with Crippen molar-refractivity contribution in [2.24, 2.45) is 16.2 Å². The minimum atomic E-state index is -0.501. The summed E-state index contributed by atoms with van der Waals surface area (Å²) in [7, 11) is 0. The van der Waals surface area contributed by atoms with Crippen molar-refractivity contribution in [2.75, 3.05) is 0 Å². The molecule has 0 saturated heterocycles. The highest BCUT2D eigenvalue weighted by atomic mass is 19.1. The van der Waals surface area contributed by atoms with Gasteiger partial charge < -0.3 is 0 Å². The Morgan fingerprint density at radius 3 is 1.32 bits per heavy atom. The molecule has 0 saturated carbocycles. The minimum absolute atomic E-state index is 0.0558. The van der Waals surface area contributed by atoms with Crippen LogP contribution >= 0.6 is 0 Å². The molecular weight excluding hydrogens is 484 g/mol. The molecule has 0 fully saturated rings. The molecule has 0 aromatic heterocycles. The van der Waals surface area contributed by atoms with Crippen molar-refractivity contribution in [3.63, 3.8) is 0 Å². The maximum Gasteiger partial charge on any atom is 0.126 e. The van der Waals surface area contributed by atoms with Gasteiger partial charge in [-0.2, -0.15) is 0 Å². The summed E-state index contributed by atoms with van der Waals surface area (Å²) in [6.07, 6.45) is 2.60. The van der Waals surface area contributed by atoms with E-state index in [1.54, 1.807) is 18.2 Å². The van der Waals surface area contributed by atoms with E-state index in [1.165, 1.54) is 23.8 Å². The molecule has 0 atom stereocenters. The summed E-state index contributed by atoms with van der Waals surface area (Å²) in [6, 6.07) is 15.8. The topological polar surface area (TPSA) is 0 Å². The van der Waals surface area contributed by atoms with Crippen molar-refractivity contribution >= 4 is 0 Å². The molecular formula is C34H46F4. The molecule has 0 bridgehead atoms. The monoisotopic (exact) mass is 530 g/mol. The summed E-state index contributed by atoms with van der Waals surface area (Å²) >= 11 is 0. The Kier molecular flexibility index (Phi) is 12.3. The molecule has 0 aliphatic heterocycles. The number of halogens is 4. The van der Waals surface area contributed by atoms with Gasteiger partial charge in [0, 0.05) is 6.07 Å². The fourth-order valence-electron chi connectivity index (χ4n) is 4.01. The second kappa shape index (κ2) is 14.0. The van der Waals surface area contributed by atoms with Crippen LogP contribution in [0.1, 0.15) is 84.6 Å². The van der Waals surface area contributed by atoms with Gasteiger partial charge in [0.05, 0.1) is 0 Å². The highest BCUT2D eigenvalue weighted by Crippen LogP contribution is 2.23. The molecule has 38 heavy (non-hydrogen) atoms. The zero-order valence-electron chi connectivity index (χ0n) is 24.9. The number of hydrogen-bond acceptors (Lipinski definition) is 0. The van der Waals surface area contributed by atoms with Gasteiger partial charge in [0.25, 0.3) is 0 Å². The van der Waals surface area contributed by atoms with Crippen LogP contribution in [0.3, 0.4) is 0 Å². The van der Waals surface area contributed by atoms with Crippen LogP contribution in [0, 0.1) is 46.4 Å². The molecule has 3 aromatic carbocycles. The van der Waals surface area contributed by atoms with Gasteiger partial charge in [-0.25, -0.2) is 17.6 Å². The molecule has 0 unspecified atom stereocenters. The molecule has 0 amide bonds. The number of hydrogen-bond donors (Lipinski definition) is 0. The number of benzene rings is 3. The first-order chi connectivity index (χ1) is 17.2. The van der Waals surface area contributed by atoms with Crippen LogP contribution in [0.5, 0.6) is 0 Å². The van der Waals surface area contributed by atoms with Gasteiger partial charge in [-0.15, -0.1) is 0 Å². The predicted octanol–water partition coefficient (Wildman–Crippen LogP) is 10.7. The third kappa shape index (κ3) is 15.6. The SMILES string of the molecule is CC(C)(C)Cc1cc(F)cc(F)c1.CC(C)(C)Cc1cccc(F)c1.Cc1cc(CC(C)(C)C)ccc1F. The van der Waals surface area contributed by atoms with E-state index in [-0.39, 0.29) is 27.9 Å². The van der Waals surface area contributed by atoms with Gasteiger partial charge in [0.2, 0.25) is 0 Å². The van der Waals surface area contributed by atoms with Crippen molar-refractivity contribution in [1.82, 2.24) is 0 Å². The summed E-state index contributed by atoms with van der Waals surface area (Å²) < 4.78 is 51.2. The van der Waals surface area contributed by atoms with E-state index in [0.29, 0.717) is 12.0 Å². The smallest absolute Gasteiger partial charge is 0.126 e. The van der Waals surface area contributed by atoms with Crippen molar-refractivity contribution < 1.29 is 17.6 Å². The predicted molar refractivity (Wildman–Crippen MR) is 153 cm³/mol. The highest BCUT2D eigenvalue weighted by Gasteiger charge is 2.13. The molecule has 0 spiro atoms. The van der Waals surface area contributed by atoms with Crippen molar-refractivity contribution in [3.8, 4) is 0 Å². The molecule has 3 aromatic rings. The lowest BCUT2D eigenvalue weighted by molar-refractivity contribution is 0.409. The molecule has 0 N–H and O–H groups in total. The average molecular weight is 531 g/mol. The summed E-state index contributed by atoms with van der Waals surface area (Å²) in [5, 5.41) is 0. The lowest BCUT2D eigenvalue weighted by atomic mass is 9.88. The molecule has 0 aliphatic rings. The van der Waals surface area contributed by atoms with Gasteiger partial charge >= 0.3 is 0 Å². The van der Waals surface area contributed by atoms with Gasteiger partial charge in [0.1, 0.15) is 23.3 Å². The Hall–Kier alpha value is -2.62. The van der Waals surface area contributed by atoms with E-state index in [2.05, 4.69) is 41.5 Å².